The van der Waals surface area contributed by atoms with Crippen LogP contribution in [-0.4, -0.2) is 27.0 Å². The predicted molar refractivity (Wildman–Crippen MR) is 45.6 cm³/mol. The maximum Gasteiger partial charge on any atom is 0.325 e. The first-order chi connectivity index (χ1) is 6.08. The molecular weight excluding hydrogens is 172 g/mol. The third kappa shape index (κ3) is 3.14. The molecule has 1 rings (SSSR count). The predicted octanol–water partition coefficient (Wildman–Crippen LogP) is 0.755. The lowest BCUT2D eigenvalue weighted by molar-refractivity contribution is -0.137. The van der Waals surface area contributed by atoms with E-state index in [0.29, 0.717) is 5.75 Å². The van der Waals surface area contributed by atoms with E-state index < -0.39 is 5.97 Å². The number of hydrogen-bond donors (Lipinski definition) is 1. The Balaban J connectivity index is 2.58. The molecule has 0 saturated carbocycles. The first kappa shape index (κ1) is 9.57. The largest absolute Gasteiger partial charge is 0.488 e. The molecule has 1 aromatic heterocycles. The molecule has 1 N–H and O–H groups in total. The minimum absolute atomic E-state index is 0.0717. The average Bonchev–Trinajstić information content (AvgIpc) is 2.33. The number of nitrogens with zero attached hydrogens (tertiary/aromatic N) is 2. The molecule has 1 heterocycles. The Labute approximate surface area is 75.9 Å². The molecule has 1 aromatic rings. The van der Waals surface area contributed by atoms with E-state index >= 15 is 0 Å². The first-order valence-corrected chi connectivity index (χ1v) is 3.99. The summed E-state index contributed by atoms with van der Waals surface area (Å²) in [5.41, 5.74) is 0. The van der Waals surface area contributed by atoms with Crippen LogP contribution >= 0.6 is 0 Å². The molecule has 0 saturated heterocycles. The average molecular weight is 184 g/mol. The van der Waals surface area contributed by atoms with Gasteiger partial charge in [0.15, 0.2) is 5.75 Å². The molecule has 0 atom stereocenters. The number of carboxylic acid groups (broad SMARTS) is 1. The highest BCUT2D eigenvalue weighted by molar-refractivity contribution is 5.66. The topological polar surface area (TPSA) is 64.4 Å². The molecule has 5 heteroatoms. The zero-order valence-corrected chi connectivity index (χ0v) is 7.60. The van der Waals surface area contributed by atoms with E-state index in [4.69, 9.17) is 9.84 Å². The van der Waals surface area contributed by atoms with Gasteiger partial charge < -0.3 is 9.84 Å². The van der Waals surface area contributed by atoms with Gasteiger partial charge in [-0.2, -0.15) is 5.10 Å². The molecule has 0 radical (unpaired) electrons. The van der Waals surface area contributed by atoms with E-state index in [1.165, 1.54) is 10.9 Å². The molecule has 0 aliphatic rings. The number of aromatic nitrogens is 2. The van der Waals surface area contributed by atoms with Gasteiger partial charge in [-0.3, -0.25) is 9.48 Å². The van der Waals surface area contributed by atoms with E-state index in [2.05, 4.69) is 5.10 Å². The second-order valence-electron chi connectivity index (χ2n) is 2.93. The van der Waals surface area contributed by atoms with E-state index in [1.54, 1.807) is 6.20 Å². The van der Waals surface area contributed by atoms with Gasteiger partial charge in [-0.25, -0.2) is 0 Å². The van der Waals surface area contributed by atoms with Gasteiger partial charge in [0.2, 0.25) is 0 Å². The summed E-state index contributed by atoms with van der Waals surface area (Å²) in [6, 6.07) is 0. The Morgan fingerprint density at radius 1 is 1.77 bits per heavy atom. The standard InChI is InChI=1S/C8H12N2O3/c1-6(2)13-7-3-9-10(4-7)5-8(11)12/h3-4,6H,5H2,1-2H3,(H,11,12). The van der Waals surface area contributed by atoms with Gasteiger partial charge in [0.25, 0.3) is 0 Å². The summed E-state index contributed by atoms with van der Waals surface area (Å²) in [5, 5.41) is 12.3. The lowest BCUT2D eigenvalue weighted by Gasteiger charge is -2.05. The monoisotopic (exact) mass is 184 g/mol. The van der Waals surface area contributed by atoms with Crippen LogP contribution in [0.5, 0.6) is 5.75 Å². The fourth-order valence-electron chi connectivity index (χ4n) is 0.903. The molecule has 0 bridgehead atoms. The fourth-order valence-corrected chi connectivity index (χ4v) is 0.903. The van der Waals surface area contributed by atoms with E-state index in [1.807, 2.05) is 13.8 Å². The van der Waals surface area contributed by atoms with Crippen molar-refractivity contribution in [1.82, 2.24) is 9.78 Å². The Bertz CT molecular complexity index is 293. The summed E-state index contributed by atoms with van der Waals surface area (Å²) in [7, 11) is 0. The van der Waals surface area contributed by atoms with Crippen molar-refractivity contribution < 1.29 is 14.6 Å². The van der Waals surface area contributed by atoms with Crippen LogP contribution in [0.1, 0.15) is 13.8 Å². The summed E-state index contributed by atoms with van der Waals surface area (Å²) in [6.45, 7) is 3.66. The normalized spacial score (nSPS) is 10.4. The molecule has 0 spiro atoms. The number of aliphatic carboxylic acids is 1. The van der Waals surface area contributed by atoms with Crippen LogP contribution in [0.4, 0.5) is 0 Å². The first-order valence-electron chi connectivity index (χ1n) is 3.99. The van der Waals surface area contributed by atoms with Gasteiger partial charge in [-0.05, 0) is 13.8 Å². The lowest BCUT2D eigenvalue weighted by atomic mass is 10.5. The van der Waals surface area contributed by atoms with Crippen LogP contribution < -0.4 is 4.74 Å². The van der Waals surface area contributed by atoms with Crippen LogP contribution in [0.15, 0.2) is 12.4 Å². The Morgan fingerprint density at radius 2 is 2.46 bits per heavy atom. The Morgan fingerprint density at radius 3 is 3.00 bits per heavy atom. The van der Waals surface area contributed by atoms with Gasteiger partial charge >= 0.3 is 5.97 Å². The maximum absolute atomic E-state index is 10.3. The number of carboxylic acids is 1. The van der Waals surface area contributed by atoms with Crippen LogP contribution in [0.2, 0.25) is 0 Å². The molecule has 0 amide bonds. The van der Waals surface area contributed by atoms with Crippen molar-refractivity contribution in [2.24, 2.45) is 0 Å². The third-order valence-electron chi connectivity index (χ3n) is 1.28. The molecule has 72 valence electrons. The fraction of sp³-hybridized carbons (Fsp3) is 0.500. The van der Waals surface area contributed by atoms with Gasteiger partial charge in [-0.15, -0.1) is 0 Å². The molecule has 5 nitrogen and oxygen atoms in total. The van der Waals surface area contributed by atoms with Crippen molar-refractivity contribution in [3.8, 4) is 5.75 Å². The van der Waals surface area contributed by atoms with Crippen LogP contribution in [0.3, 0.4) is 0 Å². The number of ether oxygens (including phenoxy) is 1. The van der Waals surface area contributed by atoms with Gasteiger partial charge in [0, 0.05) is 0 Å². The van der Waals surface area contributed by atoms with Gasteiger partial charge in [0.05, 0.1) is 18.5 Å². The Kier molecular flexibility index (Phi) is 2.89. The van der Waals surface area contributed by atoms with Gasteiger partial charge in [-0.1, -0.05) is 0 Å². The zero-order chi connectivity index (χ0) is 9.84. The highest BCUT2D eigenvalue weighted by Gasteiger charge is 2.03. The summed E-state index contributed by atoms with van der Waals surface area (Å²) in [6.07, 6.45) is 3.14. The van der Waals surface area contributed by atoms with Crippen LogP contribution in [0.25, 0.3) is 0 Å². The van der Waals surface area contributed by atoms with Crippen molar-refractivity contribution in [3.63, 3.8) is 0 Å². The number of rotatable bonds is 4. The molecule has 0 unspecified atom stereocenters. The molecule has 0 aliphatic carbocycles. The van der Waals surface area contributed by atoms with Crippen molar-refractivity contribution in [2.75, 3.05) is 0 Å². The minimum Gasteiger partial charge on any atom is -0.488 e. The highest BCUT2D eigenvalue weighted by Crippen LogP contribution is 2.09. The van der Waals surface area contributed by atoms with Gasteiger partial charge in [0.1, 0.15) is 6.54 Å². The lowest BCUT2D eigenvalue weighted by Crippen LogP contribution is -2.09. The van der Waals surface area contributed by atoms with E-state index in [-0.39, 0.29) is 12.6 Å². The number of hydrogen-bond acceptors (Lipinski definition) is 3. The smallest absolute Gasteiger partial charge is 0.325 e. The maximum atomic E-state index is 10.3. The van der Waals surface area contributed by atoms with Crippen molar-refractivity contribution in [3.05, 3.63) is 12.4 Å². The summed E-state index contributed by atoms with van der Waals surface area (Å²) >= 11 is 0. The second-order valence-corrected chi connectivity index (χ2v) is 2.93. The molecular formula is C8H12N2O3. The molecule has 0 aromatic carbocycles. The van der Waals surface area contributed by atoms with Crippen LogP contribution in [-0.2, 0) is 11.3 Å². The minimum atomic E-state index is -0.917. The van der Waals surface area contributed by atoms with Crippen LogP contribution in [0, 0.1) is 0 Å². The third-order valence-corrected chi connectivity index (χ3v) is 1.28. The van der Waals surface area contributed by atoms with E-state index in [0.717, 1.165) is 0 Å². The summed E-state index contributed by atoms with van der Waals surface area (Å²) in [5.74, 6) is -0.324. The SMILES string of the molecule is CC(C)Oc1cnn(CC(=O)O)c1. The zero-order valence-electron chi connectivity index (χ0n) is 7.60. The second kappa shape index (κ2) is 3.93. The van der Waals surface area contributed by atoms with Crippen molar-refractivity contribution in [2.45, 2.75) is 26.5 Å². The van der Waals surface area contributed by atoms with Crippen molar-refractivity contribution in [1.29, 1.82) is 0 Å². The molecule has 13 heavy (non-hydrogen) atoms. The molecule has 0 fully saturated rings. The summed E-state index contributed by atoms with van der Waals surface area (Å²) < 4.78 is 6.62. The summed E-state index contributed by atoms with van der Waals surface area (Å²) in [4.78, 5) is 10.3. The molecule has 0 aliphatic heterocycles. The van der Waals surface area contributed by atoms with Crippen molar-refractivity contribution >= 4 is 5.97 Å². The quantitative estimate of drug-likeness (QED) is 0.750. The highest BCUT2D eigenvalue weighted by atomic mass is 16.5. The number of carbonyl (C=O) groups is 1. The van der Waals surface area contributed by atoms with E-state index in [9.17, 15) is 4.79 Å². The Hall–Kier alpha value is -1.52.